The molecular weight excluding hydrogens is 383 g/mol. The molecule has 2 aromatic carbocycles. The number of carbonyl (C=O) groups excluding carboxylic acids is 1. The van der Waals surface area contributed by atoms with Gasteiger partial charge in [-0.05, 0) is 43.9 Å². The largest absolute Gasteiger partial charge is 0.348 e. The number of halogens is 1. The molecule has 152 valence electrons. The van der Waals surface area contributed by atoms with Gasteiger partial charge in [-0.15, -0.1) is 0 Å². The third kappa shape index (κ3) is 3.26. The van der Waals surface area contributed by atoms with Crippen molar-refractivity contribution in [2.24, 2.45) is 0 Å². The molecule has 5 rings (SSSR count). The molecular formula is C23H21FN4O2. The van der Waals surface area contributed by atoms with Crippen LogP contribution in [0.3, 0.4) is 0 Å². The first-order valence-corrected chi connectivity index (χ1v) is 10.2. The molecule has 3 N–H and O–H groups in total. The number of nitrogens with one attached hydrogen (secondary N) is 3. The Labute approximate surface area is 171 Å². The number of amides is 1. The topological polar surface area (TPSA) is 90.6 Å². The summed E-state index contributed by atoms with van der Waals surface area (Å²) in [5.41, 5.74) is 1.46. The lowest BCUT2D eigenvalue weighted by Gasteiger charge is -2.29. The fourth-order valence-electron chi connectivity index (χ4n) is 4.46. The van der Waals surface area contributed by atoms with Crippen LogP contribution in [-0.4, -0.2) is 27.1 Å². The van der Waals surface area contributed by atoms with Gasteiger partial charge in [-0.25, -0.2) is 9.49 Å². The number of hydrogen-bond acceptors (Lipinski definition) is 3. The van der Waals surface area contributed by atoms with Gasteiger partial charge in [0.1, 0.15) is 11.5 Å². The van der Waals surface area contributed by atoms with E-state index in [1.165, 1.54) is 6.07 Å². The van der Waals surface area contributed by atoms with Crippen molar-refractivity contribution in [1.29, 1.82) is 0 Å². The van der Waals surface area contributed by atoms with Crippen molar-refractivity contribution in [2.45, 2.75) is 37.6 Å². The highest BCUT2D eigenvalue weighted by Crippen LogP contribution is 2.34. The van der Waals surface area contributed by atoms with Crippen molar-refractivity contribution >= 4 is 27.6 Å². The molecule has 1 fully saturated rings. The number of aromatic nitrogens is 3. The van der Waals surface area contributed by atoms with Crippen LogP contribution >= 0.6 is 0 Å². The van der Waals surface area contributed by atoms with Crippen LogP contribution in [0, 0.1) is 5.82 Å². The van der Waals surface area contributed by atoms with Crippen molar-refractivity contribution in [3.8, 4) is 0 Å². The van der Waals surface area contributed by atoms with Crippen molar-refractivity contribution in [3.63, 3.8) is 0 Å². The highest BCUT2D eigenvalue weighted by Gasteiger charge is 2.26. The number of para-hydroxylation sites is 1. The molecule has 1 amide bonds. The standard InChI is InChI=1S/C23H21FN4O2/c24-18-7-3-4-14-12-19(26-21(14)18)23(30)25-15-10-8-13(9-11-15)20-16-5-1-2-6-17(16)22(29)28-27-20/h1-7,12-13,15,26H,8-11H2,(H,25,30)(H,28,29)/t13-,15-. The normalized spacial score (nSPS) is 19.2. The van der Waals surface area contributed by atoms with Gasteiger partial charge < -0.3 is 10.3 Å². The first-order chi connectivity index (χ1) is 14.6. The van der Waals surface area contributed by atoms with Gasteiger partial charge >= 0.3 is 0 Å². The minimum Gasteiger partial charge on any atom is -0.348 e. The van der Waals surface area contributed by atoms with Gasteiger partial charge in [-0.1, -0.05) is 30.3 Å². The number of carbonyl (C=O) groups is 1. The predicted octanol–water partition coefficient (Wildman–Crippen LogP) is 4.00. The molecule has 0 unspecified atom stereocenters. The van der Waals surface area contributed by atoms with E-state index in [0.29, 0.717) is 22.0 Å². The molecule has 6 nitrogen and oxygen atoms in total. The highest BCUT2D eigenvalue weighted by atomic mass is 19.1. The zero-order valence-corrected chi connectivity index (χ0v) is 16.2. The summed E-state index contributed by atoms with van der Waals surface area (Å²) < 4.78 is 13.9. The Hall–Kier alpha value is -3.48. The summed E-state index contributed by atoms with van der Waals surface area (Å²) in [7, 11) is 0. The SMILES string of the molecule is O=C(N[C@H]1CC[C@H](c2n[nH]c(=O)c3ccccc32)CC1)c1cc2cccc(F)c2[nH]1. The number of H-pyrrole nitrogens is 2. The molecule has 1 saturated carbocycles. The lowest BCUT2D eigenvalue weighted by Crippen LogP contribution is -2.37. The molecule has 0 spiro atoms. The Morgan fingerprint density at radius 1 is 1.03 bits per heavy atom. The first-order valence-electron chi connectivity index (χ1n) is 10.2. The number of aromatic amines is 2. The average Bonchev–Trinajstić information content (AvgIpc) is 3.21. The van der Waals surface area contributed by atoms with Crippen LogP contribution in [0.2, 0.25) is 0 Å². The average molecular weight is 404 g/mol. The van der Waals surface area contributed by atoms with Gasteiger partial charge in [0.25, 0.3) is 11.5 Å². The van der Waals surface area contributed by atoms with Gasteiger partial charge in [0.05, 0.1) is 16.6 Å². The van der Waals surface area contributed by atoms with Gasteiger partial charge in [0.2, 0.25) is 0 Å². The summed E-state index contributed by atoms with van der Waals surface area (Å²) in [4.78, 5) is 27.5. The van der Waals surface area contributed by atoms with E-state index in [0.717, 1.165) is 36.8 Å². The molecule has 7 heteroatoms. The maximum atomic E-state index is 13.9. The summed E-state index contributed by atoms with van der Waals surface area (Å²) in [5, 5.41) is 12.2. The van der Waals surface area contributed by atoms with Crippen LogP contribution in [0.15, 0.2) is 53.3 Å². The minimum absolute atomic E-state index is 0.0547. The molecule has 4 aromatic rings. The van der Waals surface area contributed by atoms with Crippen molar-refractivity contribution in [2.75, 3.05) is 0 Å². The summed E-state index contributed by atoms with van der Waals surface area (Å²) >= 11 is 0. The third-order valence-electron chi connectivity index (χ3n) is 6.02. The predicted molar refractivity (Wildman–Crippen MR) is 113 cm³/mol. The van der Waals surface area contributed by atoms with Crippen LogP contribution in [0.25, 0.3) is 21.7 Å². The Balaban J connectivity index is 1.28. The lowest BCUT2D eigenvalue weighted by atomic mass is 9.82. The number of rotatable bonds is 3. The maximum absolute atomic E-state index is 13.9. The molecule has 0 bridgehead atoms. The lowest BCUT2D eigenvalue weighted by molar-refractivity contribution is 0.0921. The maximum Gasteiger partial charge on any atom is 0.272 e. The van der Waals surface area contributed by atoms with E-state index < -0.39 is 0 Å². The van der Waals surface area contributed by atoms with Gasteiger partial charge in [-0.2, -0.15) is 5.10 Å². The third-order valence-corrected chi connectivity index (χ3v) is 6.02. The molecule has 1 aliphatic rings. The minimum atomic E-state index is -0.368. The van der Waals surface area contributed by atoms with Gasteiger partial charge in [0.15, 0.2) is 0 Å². The molecule has 0 aliphatic heterocycles. The Kier molecular flexibility index (Phi) is 4.58. The smallest absolute Gasteiger partial charge is 0.272 e. The number of hydrogen-bond donors (Lipinski definition) is 3. The van der Waals surface area contributed by atoms with Crippen molar-refractivity contribution in [3.05, 3.63) is 76.1 Å². The second-order valence-electron chi connectivity index (χ2n) is 7.89. The van der Waals surface area contributed by atoms with E-state index in [1.54, 1.807) is 18.2 Å². The fraction of sp³-hybridized carbons (Fsp3) is 0.261. The number of benzene rings is 2. The van der Waals surface area contributed by atoms with Crippen LogP contribution in [0.5, 0.6) is 0 Å². The number of nitrogens with zero attached hydrogens (tertiary/aromatic N) is 1. The molecule has 2 aromatic heterocycles. The molecule has 0 radical (unpaired) electrons. The van der Waals surface area contributed by atoms with Gasteiger partial charge in [0, 0.05) is 22.7 Å². The van der Waals surface area contributed by atoms with Crippen LogP contribution in [0.4, 0.5) is 4.39 Å². The van der Waals surface area contributed by atoms with Gasteiger partial charge in [-0.3, -0.25) is 9.59 Å². The fourth-order valence-corrected chi connectivity index (χ4v) is 4.46. The second-order valence-corrected chi connectivity index (χ2v) is 7.89. The molecule has 2 heterocycles. The molecule has 0 saturated heterocycles. The second kappa shape index (κ2) is 7.40. The van der Waals surface area contributed by atoms with E-state index in [2.05, 4.69) is 20.5 Å². The number of fused-ring (bicyclic) bond motifs is 2. The van der Waals surface area contributed by atoms with E-state index >= 15 is 0 Å². The summed E-state index contributed by atoms with van der Waals surface area (Å²) in [6.07, 6.45) is 3.38. The first kappa shape index (κ1) is 18.5. The van der Waals surface area contributed by atoms with E-state index in [1.807, 2.05) is 24.3 Å². The van der Waals surface area contributed by atoms with Crippen molar-refractivity contribution in [1.82, 2.24) is 20.5 Å². The van der Waals surface area contributed by atoms with E-state index in [-0.39, 0.29) is 29.2 Å². The van der Waals surface area contributed by atoms with Crippen molar-refractivity contribution < 1.29 is 9.18 Å². The molecule has 30 heavy (non-hydrogen) atoms. The quantitative estimate of drug-likeness (QED) is 0.482. The molecule has 1 aliphatic carbocycles. The Morgan fingerprint density at radius 3 is 2.57 bits per heavy atom. The molecule has 0 atom stereocenters. The van der Waals surface area contributed by atoms with E-state index in [4.69, 9.17) is 0 Å². The van der Waals surface area contributed by atoms with Crippen LogP contribution in [-0.2, 0) is 0 Å². The zero-order chi connectivity index (χ0) is 20.7. The summed E-state index contributed by atoms with van der Waals surface area (Å²) in [6.45, 7) is 0. The van der Waals surface area contributed by atoms with Crippen LogP contribution in [0.1, 0.15) is 47.8 Å². The summed E-state index contributed by atoms with van der Waals surface area (Å²) in [5.74, 6) is -0.351. The van der Waals surface area contributed by atoms with Crippen LogP contribution < -0.4 is 10.9 Å². The highest BCUT2D eigenvalue weighted by molar-refractivity contribution is 5.98. The Bertz CT molecular complexity index is 1300. The van der Waals surface area contributed by atoms with E-state index in [9.17, 15) is 14.0 Å². The monoisotopic (exact) mass is 404 g/mol. The Morgan fingerprint density at radius 2 is 1.80 bits per heavy atom. The summed E-state index contributed by atoms with van der Waals surface area (Å²) in [6, 6.07) is 14.0. The zero-order valence-electron chi connectivity index (χ0n) is 16.2.